The highest BCUT2D eigenvalue weighted by Crippen LogP contribution is 2.38. The van der Waals surface area contributed by atoms with Crippen LogP contribution in [-0.4, -0.2) is 142 Å². The molecule has 3 aliphatic heterocycles. The van der Waals surface area contributed by atoms with E-state index in [-0.39, 0.29) is 23.3 Å². The SMILES string of the molecule is CCOC(=O)Cn1nc(C(F)(F)F)c(Cl)c1CBr.COc1cc(N2CCN(C(=O)Cn3nc(C(F)(F)F)c(Cl)c3CS(C)(=O)=O)CC2)ccc1Cl.COc1cc(N2CCNCC2)ccc1Cl.OC1CCCO1. The van der Waals surface area contributed by atoms with Gasteiger partial charge >= 0.3 is 18.3 Å². The summed E-state index contributed by atoms with van der Waals surface area (Å²) in [6.07, 6.45) is -7.30. The summed E-state index contributed by atoms with van der Waals surface area (Å²) in [7, 11) is -0.579. The van der Waals surface area contributed by atoms with Gasteiger partial charge in [0.2, 0.25) is 5.91 Å². The fourth-order valence-electron chi connectivity index (χ4n) is 7.03. The van der Waals surface area contributed by atoms with Crippen molar-refractivity contribution in [1.82, 2.24) is 29.8 Å². The van der Waals surface area contributed by atoms with Crippen molar-refractivity contribution in [2.45, 2.75) is 62.6 Å². The molecule has 1 amide bonds. The van der Waals surface area contributed by atoms with Crippen LogP contribution in [0.5, 0.6) is 11.5 Å². The molecule has 2 aromatic carbocycles. The number of anilines is 2. The number of aliphatic hydroxyl groups is 1. The second kappa shape index (κ2) is 27.5. The van der Waals surface area contributed by atoms with Crippen molar-refractivity contribution in [1.29, 1.82) is 0 Å². The minimum absolute atomic E-state index is 0.0499. The first-order valence-electron chi connectivity index (χ1n) is 21.8. The Morgan fingerprint density at radius 2 is 1.29 bits per heavy atom. The lowest BCUT2D eigenvalue weighted by Crippen LogP contribution is -2.49. The summed E-state index contributed by atoms with van der Waals surface area (Å²) in [5.41, 5.74) is -0.881. The van der Waals surface area contributed by atoms with Crippen LogP contribution in [0, 0.1) is 0 Å². The van der Waals surface area contributed by atoms with E-state index in [0.717, 1.165) is 72.7 Å². The van der Waals surface area contributed by atoms with Crippen LogP contribution in [0.25, 0.3) is 0 Å². The van der Waals surface area contributed by atoms with Gasteiger partial charge in [-0.1, -0.05) is 62.3 Å². The number of hydrogen-bond acceptors (Lipinski definition) is 14. The molecule has 3 saturated heterocycles. The number of nitrogens with one attached hydrogen (secondary N) is 1. The van der Waals surface area contributed by atoms with Gasteiger partial charge in [-0.25, -0.2) is 8.42 Å². The van der Waals surface area contributed by atoms with Crippen molar-refractivity contribution in [2.24, 2.45) is 0 Å². The molecule has 4 aromatic rings. The molecule has 17 nitrogen and oxygen atoms in total. The lowest BCUT2D eigenvalue weighted by atomic mass is 10.2. The van der Waals surface area contributed by atoms with Crippen molar-refractivity contribution < 1.29 is 68.4 Å². The number of ether oxygens (including phenoxy) is 4. The molecule has 72 heavy (non-hydrogen) atoms. The number of benzene rings is 2. The van der Waals surface area contributed by atoms with E-state index in [2.05, 4.69) is 41.1 Å². The summed E-state index contributed by atoms with van der Waals surface area (Å²) in [4.78, 5) is 29.8. The average Bonchev–Trinajstić information content (AvgIpc) is 4.03. The van der Waals surface area contributed by atoms with E-state index < -0.39 is 80.6 Å². The van der Waals surface area contributed by atoms with Crippen LogP contribution in [-0.2, 0) is 65.4 Å². The molecule has 5 heterocycles. The Morgan fingerprint density at radius 1 is 0.806 bits per heavy atom. The van der Waals surface area contributed by atoms with Crippen molar-refractivity contribution in [2.75, 3.05) is 95.8 Å². The van der Waals surface area contributed by atoms with Crippen molar-refractivity contribution >= 4 is 95.4 Å². The normalized spacial score (nSPS) is 16.2. The van der Waals surface area contributed by atoms with E-state index >= 15 is 0 Å². The molecule has 0 saturated carbocycles. The van der Waals surface area contributed by atoms with Gasteiger partial charge < -0.3 is 44.1 Å². The van der Waals surface area contributed by atoms with E-state index in [1.54, 1.807) is 26.2 Å². The van der Waals surface area contributed by atoms with Crippen LogP contribution in [0.15, 0.2) is 36.4 Å². The van der Waals surface area contributed by atoms with Gasteiger partial charge in [0.1, 0.15) is 24.6 Å². The number of esters is 1. The number of sulfone groups is 1. The van der Waals surface area contributed by atoms with Crippen LogP contribution < -0.4 is 24.6 Å². The average molecular weight is 1190 g/mol. The van der Waals surface area contributed by atoms with Crippen molar-refractivity contribution in [3.8, 4) is 11.5 Å². The zero-order valence-corrected chi connectivity index (χ0v) is 44.7. The Bertz CT molecular complexity index is 2540. The predicted molar refractivity (Wildman–Crippen MR) is 263 cm³/mol. The molecule has 1 atom stereocenters. The van der Waals surface area contributed by atoms with Crippen molar-refractivity contribution in [3.63, 3.8) is 0 Å². The number of nitrogens with zero attached hydrogens (tertiary/aromatic N) is 7. The quantitative estimate of drug-likeness (QED) is 0.0791. The highest BCUT2D eigenvalue weighted by molar-refractivity contribution is 9.08. The standard InChI is InChI=1S/C19H21Cl2F3N4O4S.C11H15ClN2O.C9H9BrClF3N2O2.C4H8O2/c1-32-15-9-12(3-4-13(15)20)26-5-7-27(8-6-26)16(29)10-28-14(11-33(2,30)31)17(21)18(25-28)19(22,23)24;1-15-11-8-9(2-3-10(11)12)14-6-4-13-5-7-14;1-2-18-6(17)4-16-5(3-10)7(11)8(15-16)9(12,13)14;5-4-2-1-3-6-4/h3-4,9H,5-8,10-11H2,1-2H3;2-3,8,13H,4-7H2,1H3;2-4H2,1H3;4-5H,1-3H2. The number of carbonyl (C=O) groups excluding carboxylic acids is 2. The molecular formula is C43H53BrCl4F6N8O9S. The molecule has 0 bridgehead atoms. The van der Waals surface area contributed by atoms with Crippen LogP contribution in [0.3, 0.4) is 0 Å². The van der Waals surface area contributed by atoms with Gasteiger partial charge in [0, 0.05) is 100 Å². The number of aromatic nitrogens is 4. The first kappa shape index (κ1) is 60.6. The van der Waals surface area contributed by atoms with Crippen molar-refractivity contribution in [3.05, 3.63) is 79.3 Å². The summed E-state index contributed by atoms with van der Waals surface area (Å²) in [5, 5.41) is 18.4. The topological polar surface area (TPSA) is 183 Å². The number of alkyl halides is 7. The van der Waals surface area contributed by atoms with E-state index in [1.165, 1.54) is 17.7 Å². The maximum absolute atomic E-state index is 13.2. The third-order valence-corrected chi connectivity index (χ3v) is 13.3. The van der Waals surface area contributed by atoms with Gasteiger partial charge in [-0.15, -0.1) is 0 Å². The molecule has 0 spiro atoms. The number of amides is 1. The summed E-state index contributed by atoms with van der Waals surface area (Å²) < 4.78 is 122. The van der Waals surface area contributed by atoms with Gasteiger partial charge in [0.05, 0.1) is 58.1 Å². The van der Waals surface area contributed by atoms with E-state index in [9.17, 15) is 44.3 Å². The molecule has 1 unspecified atom stereocenters. The van der Waals surface area contributed by atoms with E-state index in [1.807, 2.05) is 29.2 Å². The molecular weight excluding hydrogens is 1140 g/mol. The summed E-state index contributed by atoms with van der Waals surface area (Å²) in [6, 6.07) is 11.2. The summed E-state index contributed by atoms with van der Waals surface area (Å²) >= 11 is 26.4. The predicted octanol–water partition coefficient (Wildman–Crippen LogP) is 8.00. The number of aliphatic hydroxyl groups excluding tert-OH is 1. The highest BCUT2D eigenvalue weighted by atomic mass is 79.9. The number of rotatable bonds is 12. The molecule has 3 fully saturated rings. The smallest absolute Gasteiger partial charge is 0.436 e. The van der Waals surface area contributed by atoms with Crippen LogP contribution >= 0.6 is 62.3 Å². The van der Waals surface area contributed by atoms with E-state index in [0.29, 0.717) is 42.0 Å². The molecule has 402 valence electrons. The Balaban J connectivity index is 0.000000240. The number of methoxy groups -OCH3 is 2. The molecule has 0 radical (unpaired) electrons. The molecule has 3 aliphatic rings. The third kappa shape index (κ3) is 17.9. The minimum Gasteiger partial charge on any atom is -0.495 e. The molecule has 0 aliphatic carbocycles. The van der Waals surface area contributed by atoms with Gasteiger partial charge in [-0.3, -0.25) is 19.0 Å². The number of carbonyl (C=O) groups is 2. The third-order valence-electron chi connectivity index (χ3n) is 10.6. The molecule has 2 aromatic heterocycles. The Morgan fingerprint density at radius 3 is 1.69 bits per heavy atom. The Hall–Kier alpha value is -3.95. The summed E-state index contributed by atoms with van der Waals surface area (Å²) in [5.74, 6) is -0.678. The monoisotopic (exact) mass is 1190 g/mol. The number of halogens is 11. The minimum atomic E-state index is -4.89. The molecule has 29 heteroatoms. The Labute approximate surface area is 440 Å². The lowest BCUT2D eigenvalue weighted by molar-refractivity contribution is -0.146. The van der Waals surface area contributed by atoms with Crippen LogP contribution in [0.1, 0.15) is 42.5 Å². The largest absolute Gasteiger partial charge is 0.495 e. The fourth-order valence-corrected chi connectivity index (χ4v) is 9.64. The zero-order chi connectivity index (χ0) is 53.6. The fraction of sp³-hybridized carbons (Fsp3) is 0.535. The maximum Gasteiger partial charge on any atom is 0.436 e. The van der Waals surface area contributed by atoms with Gasteiger partial charge in [0.15, 0.2) is 27.5 Å². The molecule has 7 rings (SSSR count). The summed E-state index contributed by atoms with van der Waals surface area (Å²) in [6.45, 7) is 7.20. The second-order valence-electron chi connectivity index (χ2n) is 15.7. The lowest BCUT2D eigenvalue weighted by Gasteiger charge is -2.36. The maximum atomic E-state index is 13.2. The Kier molecular flexibility index (Phi) is 23.2. The van der Waals surface area contributed by atoms with Gasteiger partial charge in [-0.2, -0.15) is 36.5 Å². The van der Waals surface area contributed by atoms with Gasteiger partial charge in [0.25, 0.3) is 0 Å². The van der Waals surface area contributed by atoms with Gasteiger partial charge in [-0.05, 0) is 37.6 Å². The number of hydrogen-bond donors (Lipinski definition) is 2. The zero-order valence-electron chi connectivity index (χ0n) is 39.3. The van der Waals surface area contributed by atoms with Crippen LogP contribution in [0.4, 0.5) is 37.7 Å². The highest BCUT2D eigenvalue weighted by Gasteiger charge is 2.40. The number of piperazine rings is 2. The second-order valence-corrected chi connectivity index (χ2v) is 20.0. The van der Waals surface area contributed by atoms with E-state index in [4.69, 9.17) is 65.7 Å². The van der Waals surface area contributed by atoms with Crippen LogP contribution in [0.2, 0.25) is 20.1 Å². The molecule has 2 N–H and O–H groups in total. The first-order chi connectivity index (χ1) is 33.8. The first-order valence-corrected chi connectivity index (χ1v) is 26.5.